The first-order valence-electron chi connectivity index (χ1n) is 8.50. The number of Topliss-reactive ketones (excluding diaryl/α,β-unsaturated/α-hetero) is 1. The molecule has 0 bridgehead atoms. The van der Waals surface area contributed by atoms with Gasteiger partial charge in [-0.15, -0.1) is 0 Å². The number of nitrogens with zero attached hydrogens (tertiary/aromatic N) is 1. The lowest BCUT2D eigenvalue weighted by Crippen LogP contribution is -2.18. The first kappa shape index (κ1) is 19.2. The normalized spacial score (nSPS) is 12.2. The van der Waals surface area contributed by atoms with Crippen molar-refractivity contribution in [3.63, 3.8) is 0 Å². The summed E-state index contributed by atoms with van der Waals surface area (Å²) in [5.74, 6) is -0.441. The summed E-state index contributed by atoms with van der Waals surface area (Å²) in [4.78, 5) is 35.1. The molecule has 0 aromatic heterocycles. The van der Waals surface area contributed by atoms with Gasteiger partial charge in [0, 0.05) is 11.6 Å². The standard InChI is InChI=1S/C19H17NO8/c1-2-25-13-5-3-12(4-6-13)16(21)11-28-19(22)14-9-17-18(27-8-7-26-17)10-15(14)20(23)24/h3-6,9-10H,2,7-8,11H2,1H3. The predicted molar refractivity (Wildman–Crippen MR) is 96.3 cm³/mol. The average Bonchev–Trinajstić information content (AvgIpc) is 2.71. The average molecular weight is 387 g/mol. The lowest BCUT2D eigenvalue weighted by Gasteiger charge is -2.18. The number of esters is 1. The van der Waals surface area contributed by atoms with Crippen molar-refractivity contribution in [2.75, 3.05) is 26.4 Å². The Morgan fingerprint density at radius 1 is 1.11 bits per heavy atom. The number of ether oxygens (including phenoxy) is 4. The van der Waals surface area contributed by atoms with Crippen molar-refractivity contribution in [3.05, 3.63) is 57.6 Å². The highest BCUT2D eigenvalue weighted by Crippen LogP contribution is 2.36. The number of rotatable bonds is 7. The molecule has 1 heterocycles. The van der Waals surface area contributed by atoms with Crippen molar-refractivity contribution >= 4 is 17.4 Å². The number of hydrogen-bond donors (Lipinski definition) is 0. The van der Waals surface area contributed by atoms with Crippen LogP contribution in [-0.4, -0.2) is 43.1 Å². The summed E-state index contributed by atoms with van der Waals surface area (Å²) < 4.78 is 20.9. The van der Waals surface area contributed by atoms with Crippen molar-refractivity contribution in [2.24, 2.45) is 0 Å². The zero-order valence-electron chi connectivity index (χ0n) is 15.0. The van der Waals surface area contributed by atoms with Crippen LogP contribution in [0.2, 0.25) is 0 Å². The highest BCUT2D eigenvalue weighted by molar-refractivity contribution is 6.00. The maximum Gasteiger partial charge on any atom is 0.345 e. The first-order chi connectivity index (χ1) is 13.5. The second kappa shape index (κ2) is 8.38. The number of benzene rings is 2. The second-order valence-corrected chi connectivity index (χ2v) is 5.73. The van der Waals surface area contributed by atoms with Gasteiger partial charge in [0.1, 0.15) is 24.5 Å². The number of nitro benzene ring substituents is 1. The molecule has 0 saturated carbocycles. The van der Waals surface area contributed by atoms with Crippen molar-refractivity contribution in [2.45, 2.75) is 6.92 Å². The van der Waals surface area contributed by atoms with E-state index in [2.05, 4.69) is 0 Å². The van der Waals surface area contributed by atoms with E-state index in [1.165, 1.54) is 6.07 Å². The van der Waals surface area contributed by atoms with Gasteiger partial charge < -0.3 is 18.9 Å². The largest absolute Gasteiger partial charge is 0.494 e. The minimum atomic E-state index is -0.997. The van der Waals surface area contributed by atoms with Gasteiger partial charge >= 0.3 is 5.97 Å². The summed E-state index contributed by atoms with van der Waals surface area (Å²) in [6.07, 6.45) is 0. The third-order valence-electron chi connectivity index (χ3n) is 3.90. The summed E-state index contributed by atoms with van der Waals surface area (Å²) in [5, 5.41) is 11.3. The number of nitro groups is 1. The summed E-state index contributed by atoms with van der Waals surface area (Å²) in [6, 6.07) is 8.66. The highest BCUT2D eigenvalue weighted by Gasteiger charge is 2.27. The molecule has 0 radical (unpaired) electrons. The van der Waals surface area contributed by atoms with E-state index in [0.29, 0.717) is 17.9 Å². The Hall–Kier alpha value is -3.62. The first-order valence-corrected chi connectivity index (χ1v) is 8.50. The van der Waals surface area contributed by atoms with Crippen LogP contribution in [0.5, 0.6) is 17.2 Å². The maximum absolute atomic E-state index is 12.3. The summed E-state index contributed by atoms with van der Waals surface area (Å²) >= 11 is 0. The van der Waals surface area contributed by atoms with Crippen LogP contribution in [0.1, 0.15) is 27.6 Å². The van der Waals surface area contributed by atoms with Crippen LogP contribution in [0.4, 0.5) is 5.69 Å². The van der Waals surface area contributed by atoms with Gasteiger partial charge in [0.15, 0.2) is 23.9 Å². The van der Waals surface area contributed by atoms with E-state index >= 15 is 0 Å². The van der Waals surface area contributed by atoms with E-state index < -0.39 is 29.0 Å². The number of carbonyl (C=O) groups is 2. The van der Waals surface area contributed by atoms with Gasteiger partial charge in [-0.2, -0.15) is 0 Å². The fraction of sp³-hybridized carbons (Fsp3) is 0.263. The fourth-order valence-corrected chi connectivity index (χ4v) is 2.59. The molecule has 0 N–H and O–H groups in total. The van der Waals surface area contributed by atoms with Gasteiger partial charge in [-0.25, -0.2) is 4.79 Å². The second-order valence-electron chi connectivity index (χ2n) is 5.73. The van der Waals surface area contributed by atoms with Crippen LogP contribution in [0.15, 0.2) is 36.4 Å². The number of ketones is 1. The fourth-order valence-electron chi connectivity index (χ4n) is 2.59. The van der Waals surface area contributed by atoms with E-state index in [0.717, 1.165) is 6.07 Å². The molecule has 0 aliphatic carbocycles. The van der Waals surface area contributed by atoms with E-state index in [1.807, 2.05) is 6.92 Å². The highest BCUT2D eigenvalue weighted by atomic mass is 16.6. The molecule has 2 aromatic rings. The van der Waals surface area contributed by atoms with Crippen molar-refractivity contribution in [1.29, 1.82) is 0 Å². The van der Waals surface area contributed by atoms with E-state index in [1.54, 1.807) is 24.3 Å². The van der Waals surface area contributed by atoms with E-state index in [4.69, 9.17) is 18.9 Å². The molecule has 146 valence electrons. The van der Waals surface area contributed by atoms with Gasteiger partial charge in [0.25, 0.3) is 5.69 Å². The van der Waals surface area contributed by atoms with Crippen LogP contribution in [0.3, 0.4) is 0 Å². The molecule has 0 spiro atoms. The molecule has 0 fully saturated rings. The molecule has 0 atom stereocenters. The zero-order chi connectivity index (χ0) is 20.1. The minimum absolute atomic E-state index is 0.181. The third-order valence-corrected chi connectivity index (χ3v) is 3.90. The smallest absolute Gasteiger partial charge is 0.345 e. The van der Waals surface area contributed by atoms with Gasteiger partial charge in [0.05, 0.1) is 17.6 Å². The predicted octanol–water partition coefficient (Wildman–Crippen LogP) is 2.80. The molecule has 2 aromatic carbocycles. The molecule has 9 heteroatoms. The van der Waals surface area contributed by atoms with Gasteiger partial charge in [-0.1, -0.05) is 0 Å². The molecule has 0 saturated heterocycles. The Morgan fingerprint density at radius 2 is 1.75 bits per heavy atom. The molecule has 0 unspecified atom stereocenters. The summed E-state index contributed by atoms with van der Waals surface area (Å²) in [5.41, 5.74) is -0.468. The lowest BCUT2D eigenvalue weighted by molar-refractivity contribution is -0.385. The summed E-state index contributed by atoms with van der Waals surface area (Å²) in [6.45, 7) is 2.30. The molecule has 1 aliphatic heterocycles. The minimum Gasteiger partial charge on any atom is -0.494 e. The molecular weight excluding hydrogens is 370 g/mol. The molecule has 0 amide bonds. The van der Waals surface area contributed by atoms with E-state index in [-0.39, 0.29) is 30.3 Å². The van der Waals surface area contributed by atoms with E-state index in [9.17, 15) is 19.7 Å². The Balaban J connectivity index is 1.72. The Labute approximate surface area is 159 Å². The SMILES string of the molecule is CCOc1ccc(C(=O)COC(=O)c2cc3c(cc2[N+](=O)[O-])OCCO3)cc1. The van der Waals surface area contributed by atoms with Crippen LogP contribution >= 0.6 is 0 Å². The molecule has 9 nitrogen and oxygen atoms in total. The van der Waals surface area contributed by atoms with Gasteiger partial charge in [0.2, 0.25) is 0 Å². The monoisotopic (exact) mass is 387 g/mol. The van der Waals surface area contributed by atoms with Crippen LogP contribution in [0, 0.1) is 10.1 Å². The third kappa shape index (κ3) is 4.20. The quantitative estimate of drug-likeness (QED) is 0.308. The van der Waals surface area contributed by atoms with Crippen LogP contribution in [-0.2, 0) is 4.74 Å². The van der Waals surface area contributed by atoms with Crippen molar-refractivity contribution < 1.29 is 33.5 Å². The number of carbonyl (C=O) groups excluding carboxylic acids is 2. The van der Waals surface area contributed by atoms with Crippen molar-refractivity contribution in [1.82, 2.24) is 0 Å². The number of fused-ring (bicyclic) bond motifs is 1. The Kier molecular flexibility index (Phi) is 5.73. The van der Waals surface area contributed by atoms with Crippen LogP contribution in [0.25, 0.3) is 0 Å². The zero-order valence-corrected chi connectivity index (χ0v) is 15.0. The lowest BCUT2D eigenvalue weighted by atomic mass is 10.1. The maximum atomic E-state index is 12.3. The van der Waals surface area contributed by atoms with Gasteiger partial charge in [-0.05, 0) is 31.2 Å². The topological polar surface area (TPSA) is 114 Å². The summed E-state index contributed by atoms with van der Waals surface area (Å²) in [7, 11) is 0. The van der Waals surface area contributed by atoms with Gasteiger partial charge in [-0.3, -0.25) is 14.9 Å². The molecule has 28 heavy (non-hydrogen) atoms. The van der Waals surface area contributed by atoms with Crippen LogP contribution < -0.4 is 14.2 Å². The Bertz CT molecular complexity index is 907. The number of hydrogen-bond acceptors (Lipinski definition) is 8. The molecule has 3 rings (SSSR count). The Morgan fingerprint density at radius 3 is 2.36 bits per heavy atom. The molecule has 1 aliphatic rings. The molecular formula is C19H17NO8. The van der Waals surface area contributed by atoms with Crippen molar-refractivity contribution in [3.8, 4) is 17.2 Å².